The molecule has 1 aromatic rings. The normalized spacial score (nSPS) is 18.3. The largest absolute Gasteiger partial charge is 0.260 e. The third-order valence-corrected chi connectivity index (χ3v) is 3.84. The lowest BCUT2D eigenvalue weighted by atomic mass is 9.85. The van der Waals surface area contributed by atoms with Gasteiger partial charge in [0.1, 0.15) is 0 Å². The van der Waals surface area contributed by atoms with Crippen LogP contribution in [-0.2, 0) is 11.8 Å². The molecule has 1 aromatic heterocycles. The monoisotopic (exact) mass is 231 g/mol. The molecule has 0 unspecified atom stereocenters. The molecule has 0 amide bonds. The zero-order valence-electron chi connectivity index (χ0n) is 11.5. The van der Waals surface area contributed by atoms with Gasteiger partial charge in [0.2, 0.25) is 0 Å². The summed E-state index contributed by atoms with van der Waals surface area (Å²) in [5.41, 5.74) is 2.79. The minimum absolute atomic E-state index is 0.170. The standard InChI is InChI=1S/C16H25N/c1-16(2,3)15-10-9-14(12-17-15)11-13-7-5-4-6-8-13/h9-10,12-13H,4-8,11H2,1-3H3. The first-order valence-corrected chi connectivity index (χ1v) is 7.01. The molecule has 1 heterocycles. The molecule has 1 fully saturated rings. The molecule has 0 atom stereocenters. The van der Waals surface area contributed by atoms with E-state index in [2.05, 4.69) is 44.1 Å². The Morgan fingerprint density at radius 3 is 2.35 bits per heavy atom. The van der Waals surface area contributed by atoms with E-state index in [0.717, 1.165) is 5.92 Å². The first kappa shape index (κ1) is 12.6. The summed E-state index contributed by atoms with van der Waals surface area (Å²) in [5, 5.41) is 0. The molecule has 0 bridgehead atoms. The van der Waals surface area contributed by atoms with Crippen LogP contribution in [0.1, 0.15) is 64.1 Å². The maximum Gasteiger partial charge on any atom is 0.0457 e. The third kappa shape index (κ3) is 3.55. The Labute approximate surface area is 106 Å². The molecule has 1 aliphatic carbocycles. The molecule has 1 nitrogen and oxygen atoms in total. The second-order valence-electron chi connectivity index (χ2n) is 6.51. The maximum absolute atomic E-state index is 4.62. The lowest BCUT2D eigenvalue weighted by molar-refractivity contribution is 0.356. The van der Waals surface area contributed by atoms with Gasteiger partial charge in [0, 0.05) is 17.3 Å². The van der Waals surface area contributed by atoms with Crippen LogP contribution in [0.2, 0.25) is 0 Å². The van der Waals surface area contributed by atoms with Crippen molar-refractivity contribution in [3.8, 4) is 0 Å². The van der Waals surface area contributed by atoms with Gasteiger partial charge in [0.25, 0.3) is 0 Å². The smallest absolute Gasteiger partial charge is 0.0457 e. The van der Waals surface area contributed by atoms with Gasteiger partial charge < -0.3 is 0 Å². The van der Waals surface area contributed by atoms with E-state index in [0.29, 0.717) is 0 Å². The van der Waals surface area contributed by atoms with Crippen molar-refractivity contribution in [3.63, 3.8) is 0 Å². The van der Waals surface area contributed by atoms with Crippen LogP contribution in [0.15, 0.2) is 18.3 Å². The highest BCUT2D eigenvalue weighted by Gasteiger charge is 2.16. The van der Waals surface area contributed by atoms with Gasteiger partial charge in [-0.25, -0.2) is 0 Å². The second-order valence-corrected chi connectivity index (χ2v) is 6.51. The Hall–Kier alpha value is -0.850. The van der Waals surface area contributed by atoms with E-state index in [9.17, 15) is 0 Å². The molecule has 1 aliphatic rings. The SMILES string of the molecule is CC(C)(C)c1ccc(CC2CCCCC2)cn1. The number of hydrogen-bond acceptors (Lipinski definition) is 1. The summed E-state index contributed by atoms with van der Waals surface area (Å²) in [4.78, 5) is 4.62. The van der Waals surface area contributed by atoms with Crippen LogP contribution in [0.25, 0.3) is 0 Å². The average Bonchev–Trinajstić information content (AvgIpc) is 2.30. The summed E-state index contributed by atoms with van der Waals surface area (Å²) < 4.78 is 0. The number of pyridine rings is 1. The lowest BCUT2D eigenvalue weighted by Gasteiger charge is -2.22. The summed E-state index contributed by atoms with van der Waals surface area (Å²) in [6, 6.07) is 4.49. The fourth-order valence-electron chi connectivity index (χ4n) is 2.71. The van der Waals surface area contributed by atoms with Crippen LogP contribution < -0.4 is 0 Å². The van der Waals surface area contributed by atoms with Crippen molar-refractivity contribution >= 4 is 0 Å². The van der Waals surface area contributed by atoms with Crippen LogP contribution in [-0.4, -0.2) is 4.98 Å². The van der Waals surface area contributed by atoms with E-state index in [1.165, 1.54) is 49.8 Å². The molecule has 0 spiro atoms. The fraction of sp³-hybridized carbons (Fsp3) is 0.688. The Bertz CT molecular complexity index is 339. The quantitative estimate of drug-likeness (QED) is 0.730. The van der Waals surface area contributed by atoms with Crippen molar-refractivity contribution < 1.29 is 0 Å². The van der Waals surface area contributed by atoms with Gasteiger partial charge in [-0.05, 0) is 24.0 Å². The number of rotatable bonds is 2. The van der Waals surface area contributed by atoms with Crippen molar-refractivity contribution in [1.82, 2.24) is 4.98 Å². The van der Waals surface area contributed by atoms with E-state index < -0.39 is 0 Å². The molecule has 0 aliphatic heterocycles. The lowest BCUT2D eigenvalue weighted by Crippen LogP contribution is -2.14. The molecule has 1 heteroatoms. The molecular formula is C16H25N. The highest BCUT2D eigenvalue weighted by atomic mass is 14.7. The first-order valence-electron chi connectivity index (χ1n) is 7.01. The van der Waals surface area contributed by atoms with Crippen molar-refractivity contribution in [3.05, 3.63) is 29.6 Å². The van der Waals surface area contributed by atoms with Crippen LogP contribution >= 0.6 is 0 Å². The van der Waals surface area contributed by atoms with Gasteiger partial charge >= 0.3 is 0 Å². The topological polar surface area (TPSA) is 12.9 Å². The van der Waals surface area contributed by atoms with Crippen LogP contribution in [0, 0.1) is 5.92 Å². The summed E-state index contributed by atoms with van der Waals surface area (Å²) in [6.07, 6.45) is 10.5. The van der Waals surface area contributed by atoms with Crippen LogP contribution in [0.4, 0.5) is 0 Å². The van der Waals surface area contributed by atoms with Gasteiger partial charge in [-0.3, -0.25) is 4.98 Å². The zero-order valence-corrected chi connectivity index (χ0v) is 11.5. The Morgan fingerprint density at radius 1 is 1.12 bits per heavy atom. The van der Waals surface area contributed by atoms with Crippen LogP contribution in [0.5, 0.6) is 0 Å². The predicted octanol–water partition coefficient (Wildman–Crippen LogP) is 4.50. The summed E-state index contributed by atoms with van der Waals surface area (Å²) in [7, 11) is 0. The van der Waals surface area contributed by atoms with Crippen molar-refractivity contribution in [2.45, 2.75) is 64.7 Å². The van der Waals surface area contributed by atoms with E-state index in [-0.39, 0.29) is 5.41 Å². The molecular weight excluding hydrogens is 206 g/mol. The maximum atomic E-state index is 4.62. The van der Waals surface area contributed by atoms with Crippen molar-refractivity contribution in [2.75, 3.05) is 0 Å². The summed E-state index contributed by atoms with van der Waals surface area (Å²) in [5.74, 6) is 0.908. The highest BCUT2D eigenvalue weighted by Crippen LogP contribution is 2.27. The second kappa shape index (κ2) is 5.20. The summed E-state index contributed by atoms with van der Waals surface area (Å²) >= 11 is 0. The van der Waals surface area contributed by atoms with Crippen LogP contribution in [0.3, 0.4) is 0 Å². The van der Waals surface area contributed by atoms with E-state index in [1.54, 1.807) is 0 Å². The average molecular weight is 231 g/mol. The predicted molar refractivity (Wildman–Crippen MR) is 73.2 cm³/mol. The van der Waals surface area contributed by atoms with Crippen molar-refractivity contribution in [1.29, 1.82) is 0 Å². The van der Waals surface area contributed by atoms with Gasteiger partial charge in [0.15, 0.2) is 0 Å². The van der Waals surface area contributed by atoms with E-state index >= 15 is 0 Å². The first-order chi connectivity index (χ1) is 8.05. The van der Waals surface area contributed by atoms with Gasteiger partial charge in [-0.1, -0.05) is 58.9 Å². The fourth-order valence-corrected chi connectivity index (χ4v) is 2.71. The minimum atomic E-state index is 0.170. The molecule has 94 valence electrons. The number of aromatic nitrogens is 1. The molecule has 0 N–H and O–H groups in total. The van der Waals surface area contributed by atoms with Gasteiger partial charge in [0.05, 0.1) is 0 Å². The number of nitrogens with zero attached hydrogens (tertiary/aromatic N) is 1. The molecule has 1 saturated carbocycles. The van der Waals surface area contributed by atoms with E-state index in [4.69, 9.17) is 0 Å². The van der Waals surface area contributed by atoms with Gasteiger partial charge in [-0.15, -0.1) is 0 Å². The third-order valence-electron chi connectivity index (χ3n) is 3.84. The Morgan fingerprint density at radius 2 is 1.82 bits per heavy atom. The molecule has 0 saturated heterocycles. The molecule has 0 radical (unpaired) electrons. The molecule has 17 heavy (non-hydrogen) atoms. The zero-order chi connectivity index (χ0) is 12.3. The minimum Gasteiger partial charge on any atom is -0.260 e. The van der Waals surface area contributed by atoms with Gasteiger partial charge in [-0.2, -0.15) is 0 Å². The van der Waals surface area contributed by atoms with Crippen molar-refractivity contribution in [2.24, 2.45) is 5.92 Å². The highest BCUT2D eigenvalue weighted by molar-refractivity contribution is 5.19. The summed E-state index contributed by atoms with van der Waals surface area (Å²) in [6.45, 7) is 6.66. The molecule has 2 rings (SSSR count). The van der Waals surface area contributed by atoms with E-state index in [1.807, 2.05) is 0 Å². The Kier molecular flexibility index (Phi) is 3.86. The molecule has 0 aromatic carbocycles. The number of hydrogen-bond donors (Lipinski definition) is 0. The Balaban J connectivity index is 1.98.